The van der Waals surface area contributed by atoms with E-state index in [2.05, 4.69) is 5.32 Å². The van der Waals surface area contributed by atoms with Crippen LogP contribution in [0, 0.1) is 5.82 Å². The lowest BCUT2D eigenvalue weighted by molar-refractivity contribution is -0.116. The van der Waals surface area contributed by atoms with Crippen molar-refractivity contribution >= 4 is 23.3 Å². The first-order chi connectivity index (χ1) is 9.25. The molecule has 2 nitrogen and oxygen atoms in total. The molecule has 98 valence electrons. The van der Waals surface area contributed by atoms with Crippen LogP contribution in [0.2, 0.25) is 0 Å². The summed E-state index contributed by atoms with van der Waals surface area (Å²) in [6.45, 7) is 0.424. The van der Waals surface area contributed by atoms with Gasteiger partial charge in [0.05, 0.1) is 0 Å². The molecule has 0 bridgehead atoms. The topological polar surface area (TPSA) is 29.1 Å². The van der Waals surface area contributed by atoms with Gasteiger partial charge < -0.3 is 5.32 Å². The molecule has 0 aliphatic carbocycles. The van der Waals surface area contributed by atoms with E-state index in [0.717, 1.165) is 5.56 Å². The van der Waals surface area contributed by atoms with Crippen LogP contribution in [0.15, 0.2) is 47.2 Å². The van der Waals surface area contributed by atoms with Crippen LogP contribution in [0.1, 0.15) is 11.1 Å². The van der Waals surface area contributed by atoms with E-state index in [1.807, 2.05) is 16.8 Å². The molecule has 1 aromatic carbocycles. The van der Waals surface area contributed by atoms with Gasteiger partial charge in [-0.3, -0.25) is 4.79 Å². The van der Waals surface area contributed by atoms with Crippen LogP contribution in [0.4, 0.5) is 4.39 Å². The van der Waals surface area contributed by atoms with E-state index in [-0.39, 0.29) is 11.7 Å². The Morgan fingerprint density at radius 3 is 2.89 bits per heavy atom. The summed E-state index contributed by atoms with van der Waals surface area (Å²) in [5.74, 6) is -0.395. The molecule has 0 aliphatic rings. The Morgan fingerprint density at radius 2 is 2.16 bits per heavy atom. The van der Waals surface area contributed by atoms with Crippen molar-refractivity contribution in [1.29, 1.82) is 0 Å². The van der Waals surface area contributed by atoms with Crippen molar-refractivity contribution in [2.75, 3.05) is 6.54 Å². The minimum absolute atomic E-state index is 0.164. The van der Waals surface area contributed by atoms with Gasteiger partial charge in [-0.1, -0.05) is 18.2 Å². The lowest BCUT2D eigenvalue weighted by atomic mass is 10.1. The second-order valence-corrected chi connectivity index (χ2v) is 4.80. The van der Waals surface area contributed by atoms with Gasteiger partial charge in [0.15, 0.2) is 0 Å². The average molecular weight is 275 g/mol. The van der Waals surface area contributed by atoms with E-state index in [0.29, 0.717) is 18.5 Å². The number of thiophene rings is 1. The van der Waals surface area contributed by atoms with Crippen LogP contribution in [-0.4, -0.2) is 12.5 Å². The Labute approximate surface area is 115 Å². The molecular formula is C15H14FNOS. The maximum absolute atomic E-state index is 13.3. The Kier molecular flexibility index (Phi) is 4.86. The van der Waals surface area contributed by atoms with Crippen molar-refractivity contribution < 1.29 is 9.18 Å². The lowest BCUT2D eigenvalue weighted by Gasteiger charge is -2.03. The summed E-state index contributed by atoms with van der Waals surface area (Å²) in [7, 11) is 0. The molecule has 1 heterocycles. The molecule has 1 aromatic heterocycles. The summed E-state index contributed by atoms with van der Waals surface area (Å²) in [5, 5.41) is 6.65. The standard InChI is InChI=1S/C15H14FNOS/c16-14-4-2-1-3-13(14)7-9-17-15(18)6-5-12-8-10-19-11-12/h1-6,8,10-11H,7,9H2,(H,17,18). The first-order valence-corrected chi connectivity index (χ1v) is 6.91. The van der Waals surface area contributed by atoms with Gasteiger partial charge >= 0.3 is 0 Å². The molecule has 19 heavy (non-hydrogen) atoms. The molecule has 0 unspecified atom stereocenters. The smallest absolute Gasteiger partial charge is 0.244 e. The normalized spacial score (nSPS) is 10.8. The third kappa shape index (κ3) is 4.34. The number of hydrogen-bond acceptors (Lipinski definition) is 2. The fourth-order valence-corrected chi connectivity index (χ4v) is 2.25. The Bertz CT molecular complexity index is 563. The van der Waals surface area contributed by atoms with Gasteiger partial charge in [-0.25, -0.2) is 4.39 Å². The van der Waals surface area contributed by atoms with Crippen molar-refractivity contribution in [3.63, 3.8) is 0 Å². The fourth-order valence-electron chi connectivity index (χ4n) is 1.62. The maximum atomic E-state index is 13.3. The van der Waals surface area contributed by atoms with Gasteiger partial charge in [0, 0.05) is 12.6 Å². The van der Waals surface area contributed by atoms with Crippen LogP contribution in [0.25, 0.3) is 6.08 Å². The highest BCUT2D eigenvalue weighted by atomic mass is 32.1. The quantitative estimate of drug-likeness (QED) is 0.834. The van der Waals surface area contributed by atoms with Gasteiger partial charge in [0.1, 0.15) is 5.82 Å². The number of hydrogen-bond donors (Lipinski definition) is 1. The van der Waals surface area contributed by atoms with Gasteiger partial charge in [0.2, 0.25) is 5.91 Å². The third-order valence-electron chi connectivity index (χ3n) is 2.62. The Balaban J connectivity index is 1.77. The average Bonchev–Trinajstić information content (AvgIpc) is 2.92. The van der Waals surface area contributed by atoms with Crippen LogP contribution in [0.5, 0.6) is 0 Å². The largest absolute Gasteiger partial charge is 0.352 e. The second-order valence-electron chi connectivity index (χ2n) is 4.02. The van der Waals surface area contributed by atoms with Crippen LogP contribution >= 0.6 is 11.3 Å². The predicted octanol–water partition coefficient (Wildman–Crippen LogP) is 3.26. The molecule has 0 saturated heterocycles. The van der Waals surface area contributed by atoms with E-state index in [1.165, 1.54) is 12.1 Å². The molecule has 2 rings (SSSR count). The number of benzene rings is 1. The number of halogens is 1. The highest BCUT2D eigenvalue weighted by Crippen LogP contribution is 2.08. The summed E-state index contributed by atoms with van der Waals surface area (Å²) in [6.07, 6.45) is 3.74. The zero-order valence-electron chi connectivity index (χ0n) is 10.3. The van der Waals surface area contributed by atoms with Crippen molar-refractivity contribution in [3.8, 4) is 0 Å². The predicted molar refractivity (Wildman–Crippen MR) is 76.5 cm³/mol. The number of carbonyl (C=O) groups excluding carboxylic acids is 1. The number of amides is 1. The Hall–Kier alpha value is -1.94. The van der Waals surface area contributed by atoms with Crippen LogP contribution < -0.4 is 5.32 Å². The zero-order valence-corrected chi connectivity index (χ0v) is 11.1. The summed E-state index contributed by atoms with van der Waals surface area (Å²) in [6, 6.07) is 8.53. The highest BCUT2D eigenvalue weighted by molar-refractivity contribution is 7.08. The van der Waals surface area contributed by atoms with E-state index in [4.69, 9.17) is 0 Å². The second kappa shape index (κ2) is 6.85. The van der Waals surface area contributed by atoms with Gasteiger partial charge in [-0.2, -0.15) is 11.3 Å². The number of rotatable bonds is 5. The minimum atomic E-state index is -0.231. The molecule has 4 heteroatoms. The molecule has 1 amide bonds. The van der Waals surface area contributed by atoms with E-state index in [9.17, 15) is 9.18 Å². The van der Waals surface area contributed by atoms with E-state index < -0.39 is 0 Å². The summed E-state index contributed by atoms with van der Waals surface area (Å²) >= 11 is 1.58. The van der Waals surface area contributed by atoms with Gasteiger partial charge in [-0.15, -0.1) is 0 Å². The first-order valence-electron chi connectivity index (χ1n) is 5.97. The minimum Gasteiger partial charge on any atom is -0.352 e. The molecule has 0 aliphatic heterocycles. The molecular weight excluding hydrogens is 261 g/mol. The maximum Gasteiger partial charge on any atom is 0.244 e. The van der Waals surface area contributed by atoms with Crippen molar-refractivity contribution in [3.05, 3.63) is 64.1 Å². The molecule has 0 fully saturated rings. The van der Waals surface area contributed by atoms with E-state index in [1.54, 1.807) is 35.6 Å². The number of carbonyl (C=O) groups is 1. The number of nitrogens with one attached hydrogen (secondary N) is 1. The SMILES string of the molecule is O=C(C=Cc1ccsc1)NCCc1ccccc1F. The van der Waals surface area contributed by atoms with Crippen molar-refractivity contribution in [2.45, 2.75) is 6.42 Å². The molecule has 0 atom stereocenters. The highest BCUT2D eigenvalue weighted by Gasteiger charge is 2.01. The van der Waals surface area contributed by atoms with Crippen LogP contribution in [-0.2, 0) is 11.2 Å². The first kappa shape index (κ1) is 13.5. The summed E-state index contributed by atoms with van der Waals surface area (Å²) in [4.78, 5) is 11.5. The van der Waals surface area contributed by atoms with Gasteiger partial charge in [-0.05, 0) is 46.5 Å². The molecule has 0 radical (unpaired) electrons. The van der Waals surface area contributed by atoms with Crippen LogP contribution in [0.3, 0.4) is 0 Å². The lowest BCUT2D eigenvalue weighted by Crippen LogP contribution is -2.23. The summed E-state index contributed by atoms with van der Waals surface area (Å²) in [5.41, 5.74) is 1.62. The zero-order chi connectivity index (χ0) is 13.5. The monoisotopic (exact) mass is 275 g/mol. The third-order valence-corrected chi connectivity index (χ3v) is 3.32. The fraction of sp³-hybridized carbons (Fsp3) is 0.133. The molecule has 0 saturated carbocycles. The Morgan fingerprint density at radius 1 is 1.32 bits per heavy atom. The van der Waals surface area contributed by atoms with Crippen molar-refractivity contribution in [2.24, 2.45) is 0 Å². The van der Waals surface area contributed by atoms with E-state index >= 15 is 0 Å². The molecule has 1 N–H and O–H groups in total. The molecule has 2 aromatic rings. The summed E-state index contributed by atoms with van der Waals surface area (Å²) < 4.78 is 13.3. The van der Waals surface area contributed by atoms with Crippen molar-refractivity contribution in [1.82, 2.24) is 5.32 Å². The van der Waals surface area contributed by atoms with Gasteiger partial charge in [0.25, 0.3) is 0 Å². The molecule has 0 spiro atoms.